The monoisotopic (exact) mass is 317 g/mol. The highest BCUT2D eigenvalue weighted by molar-refractivity contribution is 14.0. The lowest BCUT2D eigenvalue weighted by atomic mass is 10.2. The number of halogens is 4. The summed E-state index contributed by atoms with van der Waals surface area (Å²) in [6.45, 7) is 2.45. The molecular formula is C9H11F3IN. The van der Waals surface area contributed by atoms with E-state index in [1.165, 1.54) is 6.07 Å². The molecule has 5 heteroatoms. The summed E-state index contributed by atoms with van der Waals surface area (Å²) in [5.74, 6) is 0. The third-order valence-electron chi connectivity index (χ3n) is 1.57. The number of hydrogen-bond acceptors (Lipinski definition) is 1. The lowest BCUT2D eigenvalue weighted by Gasteiger charge is -2.08. The van der Waals surface area contributed by atoms with Crippen molar-refractivity contribution in [3.8, 4) is 0 Å². The number of benzene rings is 1. The molecule has 1 rings (SSSR count). The van der Waals surface area contributed by atoms with Crippen molar-refractivity contribution in [1.82, 2.24) is 0 Å². The second kappa shape index (κ2) is 5.43. The Kier molecular flexibility index (Phi) is 5.25. The Labute approximate surface area is 97.7 Å². The number of anilines is 1. The number of hydrogen-bond donors (Lipinski definition) is 1. The van der Waals surface area contributed by atoms with Gasteiger partial charge in [0.15, 0.2) is 0 Å². The molecule has 1 N–H and O–H groups in total. The molecule has 0 atom stereocenters. The average molecular weight is 317 g/mol. The average Bonchev–Trinajstić information content (AvgIpc) is 2.04. The third-order valence-corrected chi connectivity index (χ3v) is 1.57. The fraction of sp³-hybridized carbons (Fsp3) is 0.333. The van der Waals surface area contributed by atoms with Crippen LogP contribution in [0.3, 0.4) is 0 Å². The van der Waals surface area contributed by atoms with E-state index in [2.05, 4.69) is 5.32 Å². The molecule has 0 aromatic heterocycles. The number of alkyl halides is 3. The lowest BCUT2D eigenvalue weighted by molar-refractivity contribution is -0.137. The van der Waals surface area contributed by atoms with E-state index in [1.807, 2.05) is 6.92 Å². The zero-order valence-electron chi connectivity index (χ0n) is 7.56. The molecular weight excluding hydrogens is 306 g/mol. The van der Waals surface area contributed by atoms with E-state index in [0.29, 0.717) is 12.2 Å². The van der Waals surface area contributed by atoms with Gasteiger partial charge in [0.1, 0.15) is 0 Å². The summed E-state index contributed by atoms with van der Waals surface area (Å²) < 4.78 is 36.5. The van der Waals surface area contributed by atoms with Gasteiger partial charge in [0.2, 0.25) is 0 Å². The van der Waals surface area contributed by atoms with Crippen LogP contribution in [-0.2, 0) is 6.18 Å². The summed E-state index contributed by atoms with van der Waals surface area (Å²) in [7, 11) is 0. The topological polar surface area (TPSA) is 12.0 Å². The molecule has 0 radical (unpaired) electrons. The Bertz CT molecular complexity index is 286. The molecule has 0 saturated carbocycles. The van der Waals surface area contributed by atoms with Gasteiger partial charge >= 0.3 is 6.18 Å². The van der Waals surface area contributed by atoms with Gasteiger partial charge < -0.3 is 5.32 Å². The molecule has 0 aliphatic heterocycles. The molecule has 80 valence electrons. The molecule has 1 aromatic rings. The van der Waals surface area contributed by atoms with Crippen LogP contribution >= 0.6 is 24.0 Å². The number of nitrogens with one attached hydrogen (secondary N) is 1. The van der Waals surface area contributed by atoms with Crippen molar-refractivity contribution in [2.45, 2.75) is 13.1 Å². The van der Waals surface area contributed by atoms with Gasteiger partial charge in [-0.3, -0.25) is 0 Å². The van der Waals surface area contributed by atoms with E-state index in [-0.39, 0.29) is 24.0 Å². The van der Waals surface area contributed by atoms with Crippen LogP contribution in [0.2, 0.25) is 0 Å². The van der Waals surface area contributed by atoms with Crippen molar-refractivity contribution in [1.29, 1.82) is 0 Å². The quantitative estimate of drug-likeness (QED) is 0.819. The van der Waals surface area contributed by atoms with Crippen molar-refractivity contribution in [3.05, 3.63) is 29.8 Å². The van der Waals surface area contributed by atoms with Gasteiger partial charge in [-0.1, -0.05) is 6.07 Å². The summed E-state index contributed by atoms with van der Waals surface area (Å²) in [6.07, 6.45) is -4.26. The van der Waals surface area contributed by atoms with E-state index in [4.69, 9.17) is 0 Å². The third kappa shape index (κ3) is 3.73. The first-order valence-corrected chi connectivity index (χ1v) is 3.95. The first-order valence-electron chi connectivity index (χ1n) is 3.95. The maximum absolute atomic E-state index is 12.2. The molecule has 1 nitrogen and oxygen atoms in total. The maximum Gasteiger partial charge on any atom is 0.416 e. The highest BCUT2D eigenvalue weighted by Crippen LogP contribution is 2.30. The lowest BCUT2D eigenvalue weighted by Crippen LogP contribution is -2.06. The molecule has 0 heterocycles. The predicted octanol–water partition coefficient (Wildman–Crippen LogP) is 3.76. The van der Waals surface area contributed by atoms with Crippen LogP contribution < -0.4 is 5.32 Å². The first kappa shape index (κ1) is 13.5. The van der Waals surface area contributed by atoms with E-state index in [1.54, 1.807) is 6.07 Å². The molecule has 0 aliphatic rings. The summed E-state index contributed by atoms with van der Waals surface area (Å²) in [5.41, 5.74) is -0.122. The van der Waals surface area contributed by atoms with Gasteiger partial charge in [-0.2, -0.15) is 13.2 Å². The van der Waals surface area contributed by atoms with Crippen LogP contribution in [0.5, 0.6) is 0 Å². The Morgan fingerprint density at radius 3 is 2.43 bits per heavy atom. The molecule has 0 fully saturated rings. The Hall–Kier alpha value is -0.460. The highest BCUT2D eigenvalue weighted by Gasteiger charge is 2.30. The predicted molar refractivity (Wildman–Crippen MR) is 61.0 cm³/mol. The zero-order valence-corrected chi connectivity index (χ0v) is 9.89. The van der Waals surface area contributed by atoms with Crippen LogP contribution in [0.1, 0.15) is 12.5 Å². The first-order chi connectivity index (χ1) is 6.04. The van der Waals surface area contributed by atoms with Crippen molar-refractivity contribution >= 4 is 29.7 Å². The molecule has 0 saturated heterocycles. The van der Waals surface area contributed by atoms with Crippen LogP contribution in [0.15, 0.2) is 24.3 Å². The fourth-order valence-corrected chi connectivity index (χ4v) is 1.01. The molecule has 0 spiro atoms. The minimum absolute atomic E-state index is 0. The summed E-state index contributed by atoms with van der Waals surface area (Å²) in [6, 6.07) is 5.16. The Morgan fingerprint density at radius 2 is 1.93 bits per heavy atom. The van der Waals surface area contributed by atoms with Crippen molar-refractivity contribution < 1.29 is 13.2 Å². The van der Waals surface area contributed by atoms with Gasteiger partial charge in [0.05, 0.1) is 5.56 Å². The fourth-order valence-electron chi connectivity index (χ4n) is 1.01. The minimum Gasteiger partial charge on any atom is -0.385 e. The summed E-state index contributed by atoms with van der Waals surface area (Å²) in [5, 5.41) is 2.82. The zero-order chi connectivity index (χ0) is 9.90. The maximum atomic E-state index is 12.2. The summed E-state index contributed by atoms with van der Waals surface area (Å²) in [4.78, 5) is 0. The minimum atomic E-state index is -4.26. The molecule has 0 bridgehead atoms. The second-order valence-electron chi connectivity index (χ2n) is 2.61. The molecule has 0 amide bonds. The Balaban J connectivity index is 0.00000169. The van der Waals surface area contributed by atoms with Crippen LogP contribution in [-0.4, -0.2) is 6.54 Å². The molecule has 1 aromatic carbocycles. The highest BCUT2D eigenvalue weighted by atomic mass is 127. The van der Waals surface area contributed by atoms with Gasteiger partial charge in [0.25, 0.3) is 0 Å². The van der Waals surface area contributed by atoms with Gasteiger partial charge in [-0.25, -0.2) is 0 Å². The van der Waals surface area contributed by atoms with Crippen molar-refractivity contribution in [3.63, 3.8) is 0 Å². The van der Waals surface area contributed by atoms with E-state index in [9.17, 15) is 13.2 Å². The SMILES string of the molecule is CCNc1cccc(C(F)(F)F)c1.I. The van der Waals surface area contributed by atoms with Gasteiger partial charge in [0, 0.05) is 12.2 Å². The van der Waals surface area contributed by atoms with Crippen molar-refractivity contribution in [2.75, 3.05) is 11.9 Å². The smallest absolute Gasteiger partial charge is 0.385 e. The van der Waals surface area contributed by atoms with Crippen LogP contribution in [0.4, 0.5) is 18.9 Å². The van der Waals surface area contributed by atoms with E-state index in [0.717, 1.165) is 12.1 Å². The van der Waals surface area contributed by atoms with Gasteiger partial charge in [-0.15, -0.1) is 24.0 Å². The molecule has 14 heavy (non-hydrogen) atoms. The van der Waals surface area contributed by atoms with Crippen LogP contribution in [0.25, 0.3) is 0 Å². The standard InChI is InChI=1S/C9H10F3N.HI/c1-2-13-8-5-3-4-7(6-8)9(10,11)12;/h3-6,13H,2H2,1H3;1H. The Morgan fingerprint density at radius 1 is 1.29 bits per heavy atom. The van der Waals surface area contributed by atoms with Crippen LogP contribution in [0, 0.1) is 0 Å². The normalized spacial score (nSPS) is 10.6. The molecule has 0 aliphatic carbocycles. The van der Waals surface area contributed by atoms with Crippen molar-refractivity contribution in [2.24, 2.45) is 0 Å². The number of rotatable bonds is 2. The largest absolute Gasteiger partial charge is 0.416 e. The summed E-state index contributed by atoms with van der Waals surface area (Å²) >= 11 is 0. The van der Waals surface area contributed by atoms with E-state index >= 15 is 0 Å². The van der Waals surface area contributed by atoms with Gasteiger partial charge in [-0.05, 0) is 25.1 Å². The van der Waals surface area contributed by atoms with E-state index < -0.39 is 11.7 Å². The molecule has 0 unspecified atom stereocenters. The second-order valence-corrected chi connectivity index (χ2v) is 2.61.